The van der Waals surface area contributed by atoms with Crippen LogP contribution >= 0.6 is 0 Å². The summed E-state index contributed by atoms with van der Waals surface area (Å²) in [4.78, 5) is 0. The van der Waals surface area contributed by atoms with Crippen LogP contribution in [0.2, 0.25) is 0 Å². The number of rotatable bonds is 16. The molecule has 88 heavy (non-hydrogen) atoms. The number of hydrogen-bond donors (Lipinski definition) is 0. The first-order valence-corrected chi connectivity index (χ1v) is 35.2. The smallest absolute Gasteiger partial charge is 0.0205 e. The van der Waals surface area contributed by atoms with Crippen LogP contribution in [0.3, 0.4) is 0 Å². The molecule has 0 N–H and O–H groups in total. The van der Waals surface area contributed by atoms with E-state index in [0.29, 0.717) is 94.7 Å². The Morgan fingerprint density at radius 2 is 0.273 bits per heavy atom. The maximum absolute atomic E-state index is 2.70. The Morgan fingerprint density at radius 3 is 0.364 bits per heavy atom. The molecular weight excluding hydrogens is 1060 g/mol. The van der Waals surface area contributed by atoms with Crippen LogP contribution in [0, 0.1) is 47.3 Å². The minimum Gasteiger partial charge on any atom is -0.0625 e. The minimum atomic E-state index is 0.334. The summed E-state index contributed by atoms with van der Waals surface area (Å²) in [6, 6.07) is 59.8. The highest BCUT2D eigenvalue weighted by Crippen LogP contribution is 2.67. The third-order valence-electron chi connectivity index (χ3n) is 21.3. The Balaban J connectivity index is 0.000000162. The molecule has 8 aromatic carbocycles. The van der Waals surface area contributed by atoms with Gasteiger partial charge in [-0.3, -0.25) is 0 Å². The van der Waals surface area contributed by atoms with Gasteiger partial charge in [0.15, 0.2) is 0 Å². The van der Waals surface area contributed by atoms with Gasteiger partial charge in [-0.1, -0.05) is 256 Å². The van der Waals surface area contributed by atoms with Crippen LogP contribution in [0.4, 0.5) is 0 Å². The summed E-state index contributed by atoms with van der Waals surface area (Å²) < 4.78 is 0. The van der Waals surface area contributed by atoms with Gasteiger partial charge in [0.2, 0.25) is 0 Å². The van der Waals surface area contributed by atoms with Gasteiger partial charge in [-0.05, 0) is 232 Å². The van der Waals surface area contributed by atoms with E-state index in [1.54, 1.807) is 134 Å². The number of benzene rings is 8. The van der Waals surface area contributed by atoms with E-state index in [9.17, 15) is 0 Å². The minimum absolute atomic E-state index is 0.334. The second kappa shape index (κ2) is 24.2. The lowest BCUT2D eigenvalue weighted by molar-refractivity contribution is 0.522. The van der Waals surface area contributed by atoms with E-state index in [4.69, 9.17) is 0 Å². The zero-order chi connectivity index (χ0) is 61.7. The third kappa shape index (κ3) is 10.8. The van der Waals surface area contributed by atoms with Crippen LogP contribution in [0.25, 0.3) is 0 Å². The van der Waals surface area contributed by atoms with Gasteiger partial charge in [-0.15, -0.1) is 0 Å². The summed E-state index contributed by atoms with van der Waals surface area (Å²) in [5.41, 5.74) is 38.2. The van der Waals surface area contributed by atoms with Crippen molar-refractivity contribution in [2.45, 2.75) is 209 Å². The highest BCUT2D eigenvalue weighted by Gasteiger charge is 2.52. The maximum Gasteiger partial charge on any atom is 0.0205 e. The monoisotopic (exact) mass is 1160 g/mol. The molecule has 0 unspecified atom stereocenters. The van der Waals surface area contributed by atoms with Gasteiger partial charge >= 0.3 is 0 Å². The van der Waals surface area contributed by atoms with Gasteiger partial charge < -0.3 is 0 Å². The molecule has 0 radical (unpaired) electrons. The van der Waals surface area contributed by atoms with Gasteiger partial charge in [0, 0.05) is 47.3 Å². The molecule has 0 aliphatic heterocycles. The Kier molecular flexibility index (Phi) is 16.7. The van der Waals surface area contributed by atoms with Crippen LogP contribution in [-0.4, -0.2) is 0 Å². The molecular formula is C88H104. The lowest BCUT2D eigenvalue weighted by Crippen LogP contribution is -2.36. The van der Waals surface area contributed by atoms with Crippen molar-refractivity contribution in [1.29, 1.82) is 0 Å². The van der Waals surface area contributed by atoms with E-state index in [1.807, 2.05) is 0 Å². The van der Waals surface area contributed by atoms with Crippen LogP contribution in [-0.2, 0) is 51.4 Å². The molecule has 0 heterocycles. The van der Waals surface area contributed by atoms with Crippen LogP contribution < -0.4 is 0 Å². The summed E-state index contributed by atoms with van der Waals surface area (Å²) in [6.07, 6.45) is 9.28. The van der Waals surface area contributed by atoms with Crippen molar-refractivity contribution >= 4 is 0 Å². The van der Waals surface area contributed by atoms with Gasteiger partial charge in [-0.25, -0.2) is 0 Å². The number of hydrogen-bond acceptors (Lipinski definition) is 0. The Morgan fingerprint density at radius 1 is 0.170 bits per heavy atom. The van der Waals surface area contributed by atoms with Crippen molar-refractivity contribution in [2.24, 2.45) is 47.3 Å². The Bertz CT molecular complexity index is 3140. The second-order valence-corrected chi connectivity index (χ2v) is 32.1. The molecule has 0 spiro atoms. The molecule has 456 valence electrons. The lowest BCUT2D eigenvalue weighted by Gasteiger charge is -2.50. The molecule has 0 heteroatoms. The van der Waals surface area contributed by atoms with E-state index in [-0.39, 0.29) is 0 Å². The van der Waals surface area contributed by atoms with Crippen molar-refractivity contribution in [3.8, 4) is 0 Å². The van der Waals surface area contributed by atoms with Crippen molar-refractivity contribution in [2.75, 3.05) is 0 Å². The van der Waals surface area contributed by atoms with E-state index >= 15 is 0 Å². The third-order valence-corrected chi connectivity index (χ3v) is 21.3. The largest absolute Gasteiger partial charge is 0.0625 e. The van der Waals surface area contributed by atoms with Crippen LogP contribution in [0.5, 0.6) is 0 Å². The van der Waals surface area contributed by atoms with E-state index in [2.05, 4.69) is 256 Å². The molecule has 0 amide bonds. The standard InChI is InChI=1S/2C44H52/c2*1-25(2)17-29-21-37-38(22-30(29)18-26(3)4)42-34-14-10-9-13-33(34)41(37)43-35-15-11-12-16-36(35)44(42)40-24-32(20-28(7)8)31(19-27(5)6)23-39(40)43/h2*9-16,21-28,41-44H,17-20H2,1-8H3/t2*41-,42+,43+,44-. The van der Waals surface area contributed by atoms with E-state index < -0.39 is 0 Å². The van der Waals surface area contributed by atoms with E-state index in [1.165, 1.54) is 0 Å². The molecule has 12 aliphatic carbocycles. The van der Waals surface area contributed by atoms with Crippen molar-refractivity contribution < 1.29 is 0 Å². The van der Waals surface area contributed by atoms with Gasteiger partial charge in [0.25, 0.3) is 0 Å². The second-order valence-electron chi connectivity index (χ2n) is 32.1. The lowest BCUT2D eigenvalue weighted by atomic mass is 9.52. The summed E-state index contributed by atoms with van der Waals surface area (Å²) in [7, 11) is 0. The average molecular weight is 1160 g/mol. The normalized spacial score (nSPS) is 21.0. The topological polar surface area (TPSA) is 0 Å². The van der Waals surface area contributed by atoms with Crippen LogP contribution in [0.15, 0.2) is 146 Å². The molecule has 0 saturated heterocycles. The highest BCUT2D eigenvalue weighted by atomic mass is 14.5. The Hall–Kier alpha value is -6.24. The van der Waals surface area contributed by atoms with Gasteiger partial charge in [0.05, 0.1) is 0 Å². The summed E-state index contributed by atoms with van der Waals surface area (Å²) in [5.74, 6) is 7.84. The summed E-state index contributed by atoms with van der Waals surface area (Å²) in [6.45, 7) is 38.2. The van der Waals surface area contributed by atoms with Crippen molar-refractivity contribution in [1.82, 2.24) is 0 Å². The summed E-state index contributed by atoms with van der Waals surface area (Å²) in [5, 5.41) is 0. The predicted octanol–water partition coefficient (Wildman–Crippen LogP) is 22.7. The van der Waals surface area contributed by atoms with Crippen molar-refractivity contribution in [3.63, 3.8) is 0 Å². The zero-order valence-electron chi connectivity index (χ0n) is 56.8. The molecule has 8 aromatic rings. The van der Waals surface area contributed by atoms with E-state index in [0.717, 1.165) is 51.4 Å². The molecule has 20 rings (SSSR count). The SMILES string of the molecule is CC(C)Cc1cc2c(cc1CC(C)C)[C@@H]1c3ccccc3[C@H]2[C@H]2c3ccccc3[C@@H]1c1cc(CC(C)C)c(CC(C)C)cc12.CC(C)Cc1cc2c(cc1CC(C)C)[C@@H]1c3ccccc3[C@H]2[C@H]2c3ccccc3[C@@H]1c1cc(CC(C)C)c(CC(C)C)cc12. The molecule has 0 nitrogen and oxygen atoms in total. The summed E-state index contributed by atoms with van der Waals surface area (Å²) >= 11 is 0. The van der Waals surface area contributed by atoms with Crippen molar-refractivity contribution in [3.05, 3.63) is 279 Å². The molecule has 0 fully saturated rings. The molecule has 0 saturated carbocycles. The molecule has 0 aromatic heterocycles. The zero-order valence-corrected chi connectivity index (χ0v) is 56.8. The average Bonchev–Trinajstić information content (AvgIpc) is 0.698. The molecule has 8 atom stereocenters. The highest BCUT2D eigenvalue weighted by molar-refractivity contribution is 5.72. The fourth-order valence-corrected chi connectivity index (χ4v) is 18.6. The Labute approximate surface area is 532 Å². The first kappa shape index (κ1) is 60.7. The van der Waals surface area contributed by atoms with Gasteiger partial charge in [0.1, 0.15) is 0 Å². The van der Waals surface area contributed by atoms with Gasteiger partial charge in [-0.2, -0.15) is 0 Å². The maximum atomic E-state index is 2.70. The van der Waals surface area contributed by atoms with Crippen LogP contribution in [0.1, 0.15) is 292 Å². The first-order valence-electron chi connectivity index (χ1n) is 35.2. The fourth-order valence-electron chi connectivity index (χ4n) is 18.6. The predicted molar refractivity (Wildman–Crippen MR) is 375 cm³/mol. The first-order chi connectivity index (χ1) is 42.2. The quantitative estimate of drug-likeness (QED) is 0.0905. The fraction of sp³-hybridized carbons (Fsp3) is 0.455. The molecule has 8 bridgehead atoms. The molecule has 12 aliphatic rings.